The second-order valence-electron chi connectivity index (χ2n) is 5.84. The molecule has 25 heavy (non-hydrogen) atoms. The summed E-state index contributed by atoms with van der Waals surface area (Å²) in [4.78, 5) is 11.3. The van der Waals surface area contributed by atoms with Gasteiger partial charge in [0.1, 0.15) is 6.42 Å². The Balaban J connectivity index is 1.87. The largest absolute Gasteiger partial charge is 0.342 e. The van der Waals surface area contributed by atoms with E-state index in [9.17, 15) is 4.79 Å². The summed E-state index contributed by atoms with van der Waals surface area (Å²) in [6.07, 6.45) is 3.43. The van der Waals surface area contributed by atoms with E-state index in [0.717, 1.165) is 23.0 Å². The third kappa shape index (κ3) is 3.93. The molecule has 0 aliphatic heterocycles. The van der Waals surface area contributed by atoms with Gasteiger partial charge in [0.2, 0.25) is 0 Å². The van der Waals surface area contributed by atoms with Crippen LogP contribution in [0.3, 0.4) is 0 Å². The maximum absolute atomic E-state index is 11.3. The smallest absolute Gasteiger partial charge is 0.254 e. The summed E-state index contributed by atoms with van der Waals surface area (Å²) >= 11 is 0. The Labute approximate surface area is 146 Å². The van der Waals surface area contributed by atoms with Gasteiger partial charge in [0, 0.05) is 29.2 Å². The minimum atomic E-state index is -0.415. The summed E-state index contributed by atoms with van der Waals surface area (Å²) in [5.41, 5.74) is 6.84. The standard InChI is InChI=1S/C20H18N4O/c1-15-6-8-16(9-7-15)13-24-14-17(12-22-23-20(25)10-11-21)18-4-2-3-5-19(18)24/h2-9,12,14H,10,13H2,1H3,(H,23,25)/b22-12+. The van der Waals surface area contributed by atoms with E-state index in [1.807, 2.05) is 24.4 Å². The first-order valence-corrected chi connectivity index (χ1v) is 7.99. The minimum Gasteiger partial charge on any atom is -0.342 e. The number of benzene rings is 2. The van der Waals surface area contributed by atoms with Crippen molar-refractivity contribution in [3.05, 3.63) is 71.4 Å². The van der Waals surface area contributed by atoms with Crippen LogP contribution in [0.5, 0.6) is 0 Å². The molecule has 5 nitrogen and oxygen atoms in total. The van der Waals surface area contributed by atoms with Crippen molar-refractivity contribution < 1.29 is 4.79 Å². The molecule has 1 heterocycles. The minimum absolute atomic E-state index is 0.202. The van der Waals surface area contributed by atoms with E-state index < -0.39 is 5.91 Å². The van der Waals surface area contributed by atoms with Crippen LogP contribution < -0.4 is 5.43 Å². The number of nitriles is 1. The Kier molecular flexibility index (Phi) is 4.91. The summed E-state index contributed by atoms with van der Waals surface area (Å²) in [6, 6.07) is 18.3. The fourth-order valence-electron chi connectivity index (χ4n) is 2.68. The zero-order chi connectivity index (χ0) is 17.6. The number of aromatic nitrogens is 1. The van der Waals surface area contributed by atoms with Crippen molar-refractivity contribution in [2.24, 2.45) is 5.10 Å². The summed E-state index contributed by atoms with van der Waals surface area (Å²) in [5.74, 6) is -0.415. The second kappa shape index (κ2) is 7.45. The number of aryl methyl sites for hydroxylation is 1. The Morgan fingerprint density at radius 2 is 2.00 bits per heavy atom. The zero-order valence-corrected chi connectivity index (χ0v) is 13.9. The average Bonchev–Trinajstić information content (AvgIpc) is 2.95. The normalized spacial score (nSPS) is 10.9. The molecule has 0 atom stereocenters. The highest BCUT2D eigenvalue weighted by atomic mass is 16.2. The quantitative estimate of drug-likeness (QED) is 0.575. The van der Waals surface area contributed by atoms with Gasteiger partial charge in [-0.25, -0.2) is 5.43 Å². The molecule has 124 valence electrons. The highest BCUT2D eigenvalue weighted by Crippen LogP contribution is 2.21. The molecule has 1 N–H and O–H groups in total. The SMILES string of the molecule is Cc1ccc(Cn2cc(/C=N/NC(=O)CC#N)c3ccccc32)cc1. The van der Waals surface area contributed by atoms with Crippen molar-refractivity contribution in [1.29, 1.82) is 5.26 Å². The molecular formula is C20H18N4O. The molecule has 0 fully saturated rings. The number of rotatable bonds is 5. The second-order valence-corrected chi connectivity index (χ2v) is 5.84. The van der Waals surface area contributed by atoms with E-state index in [2.05, 4.69) is 52.3 Å². The highest BCUT2D eigenvalue weighted by molar-refractivity contribution is 5.99. The topological polar surface area (TPSA) is 70.2 Å². The number of nitrogens with one attached hydrogen (secondary N) is 1. The molecule has 3 rings (SSSR count). The highest BCUT2D eigenvalue weighted by Gasteiger charge is 2.07. The predicted molar refractivity (Wildman–Crippen MR) is 98.2 cm³/mol. The van der Waals surface area contributed by atoms with Gasteiger partial charge < -0.3 is 4.57 Å². The lowest BCUT2D eigenvalue weighted by Crippen LogP contribution is -2.16. The molecule has 0 aliphatic carbocycles. The Morgan fingerprint density at radius 3 is 2.76 bits per heavy atom. The van der Waals surface area contributed by atoms with Gasteiger partial charge in [0.05, 0.1) is 12.3 Å². The molecule has 1 aromatic heterocycles. The van der Waals surface area contributed by atoms with Crippen molar-refractivity contribution in [2.75, 3.05) is 0 Å². The number of carbonyl (C=O) groups is 1. The molecule has 0 aliphatic rings. The fourth-order valence-corrected chi connectivity index (χ4v) is 2.68. The zero-order valence-electron chi connectivity index (χ0n) is 13.9. The Bertz CT molecular complexity index is 962. The van der Waals surface area contributed by atoms with Crippen molar-refractivity contribution in [3.8, 4) is 6.07 Å². The molecule has 0 spiro atoms. The van der Waals surface area contributed by atoms with Crippen LogP contribution in [0.25, 0.3) is 10.9 Å². The molecule has 2 aromatic carbocycles. The first-order valence-electron chi connectivity index (χ1n) is 7.99. The van der Waals surface area contributed by atoms with Crippen molar-refractivity contribution >= 4 is 23.0 Å². The third-order valence-corrected chi connectivity index (χ3v) is 3.93. The molecule has 0 unspecified atom stereocenters. The van der Waals surface area contributed by atoms with E-state index in [0.29, 0.717) is 0 Å². The van der Waals surface area contributed by atoms with Gasteiger partial charge in [-0.2, -0.15) is 10.4 Å². The first kappa shape index (κ1) is 16.5. The number of carbonyl (C=O) groups excluding carboxylic acids is 1. The number of amides is 1. The lowest BCUT2D eigenvalue weighted by atomic mass is 10.1. The van der Waals surface area contributed by atoms with E-state index in [-0.39, 0.29) is 6.42 Å². The van der Waals surface area contributed by atoms with E-state index >= 15 is 0 Å². The number of hydrogen-bond donors (Lipinski definition) is 1. The van der Waals surface area contributed by atoms with E-state index in [1.165, 1.54) is 11.1 Å². The fraction of sp³-hybridized carbons (Fsp3) is 0.150. The van der Waals surface area contributed by atoms with Gasteiger partial charge in [0.15, 0.2) is 0 Å². The third-order valence-electron chi connectivity index (χ3n) is 3.93. The van der Waals surface area contributed by atoms with E-state index in [4.69, 9.17) is 5.26 Å². The van der Waals surface area contributed by atoms with Crippen molar-refractivity contribution in [1.82, 2.24) is 9.99 Å². The van der Waals surface area contributed by atoms with Gasteiger partial charge in [-0.05, 0) is 18.6 Å². The molecule has 0 saturated carbocycles. The van der Waals surface area contributed by atoms with Gasteiger partial charge in [-0.15, -0.1) is 0 Å². The van der Waals surface area contributed by atoms with Crippen LogP contribution >= 0.6 is 0 Å². The molecule has 1 amide bonds. The monoisotopic (exact) mass is 330 g/mol. The van der Waals surface area contributed by atoms with Gasteiger partial charge >= 0.3 is 0 Å². The van der Waals surface area contributed by atoms with Crippen LogP contribution in [-0.4, -0.2) is 16.7 Å². The van der Waals surface area contributed by atoms with Gasteiger partial charge in [0.25, 0.3) is 5.91 Å². The number of hydrazone groups is 1. The van der Waals surface area contributed by atoms with Crippen LogP contribution in [0.2, 0.25) is 0 Å². The van der Waals surface area contributed by atoms with Crippen molar-refractivity contribution in [2.45, 2.75) is 19.9 Å². The number of fused-ring (bicyclic) bond motifs is 1. The molecule has 0 saturated heterocycles. The number of para-hydroxylation sites is 1. The summed E-state index contributed by atoms with van der Waals surface area (Å²) < 4.78 is 2.17. The van der Waals surface area contributed by atoms with Crippen LogP contribution in [0, 0.1) is 18.3 Å². The summed E-state index contributed by atoms with van der Waals surface area (Å²) in [5, 5.41) is 13.5. The van der Waals surface area contributed by atoms with Gasteiger partial charge in [-0.3, -0.25) is 4.79 Å². The van der Waals surface area contributed by atoms with Crippen LogP contribution in [-0.2, 0) is 11.3 Å². The first-order chi connectivity index (χ1) is 12.2. The molecule has 5 heteroatoms. The molecular weight excluding hydrogens is 312 g/mol. The molecule has 0 radical (unpaired) electrons. The van der Waals surface area contributed by atoms with E-state index in [1.54, 1.807) is 12.3 Å². The molecule has 3 aromatic rings. The lowest BCUT2D eigenvalue weighted by Gasteiger charge is -2.06. The van der Waals surface area contributed by atoms with Crippen LogP contribution in [0.1, 0.15) is 23.1 Å². The van der Waals surface area contributed by atoms with Gasteiger partial charge in [-0.1, -0.05) is 48.0 Å². The maximum atomic E-state index is 11.3. The number of nitrogens with zero attached hydrogens (tertiary/aromatic N) is 3. The van der Waals surface area contributed by atoms with Crippen LogP contribution in [0.15, 0.2) is 59.8 Å². The predicted octanol–water partition coefficient (Wildman–Crippen LogP) is 3.36. The van der Waals surface area contributed by atoms with Crippen LogP contribution in [0.4, 0.5) is 0 Å². The summed E-state index contributed by atoms with van der Waals surface area (Å²) in [7, 11) is 0. The Hall–Kier alpha value is -3.39. The average molecular weight is 330 g/mol. The Morgan fingerprint density at radius 1 is 1.24 bits per heavy atom. The summed E-state index contributed by atoms with van der Waals surface area (Å²) in [6.45, 7) is 2.83. The molecule has 0 bridgehead atoms. The van der Waals surface area contributed by atoms with Crippen molar-refractivity contribution in [3.63, 3.8) is 0 Å². The lowest BCUT2D eigenvalue weighted by molar-refractivity contribution is -0.120. The number of hydrogen-bond acceptors (Lipinski definition) is 3. The maximum Gasteiger partial charge on any atom is 0.254 e.